The highest BCUT2D eigenvalue weighted by Crippen LogP contribution is 2.41. The van der Waals surface area contributed by atoms with Crippen molar-refractivity contribution in [3.63, 3.8) is 0 Å². The van der Waals surface area contributed by atoms with Crippen molar-refractivity contribution in [2.45, 2.75) is 0 Å². The van der Waals surface area contributed by atoms with Crippen LogP contribution in [0.25, 0.3) is 72.0 Å². The van der Waals surface area contributed by atoms with Crippen LogP contribution < -0.4 is 0 Å². The third kappa shape index (κ3) is 5.26. The van der Waals surface area contributed by atoms with Gasteiger partial charge in [-0.3, -0.25) is 0 Å². The summed E-state index contributed by atoms with van der Waals surface area (Å²) >= 11 is 0. The van der Waals surface area contributed by atoms with Gasteiger partial charge in [0.05, 0.1) is 57.6 Å². The fourth-order valence-corrected chi connectivity index (χ4v) is 7.05. The fourth-order valence-electron chi connectivity index (χ4n) is 7.05. The second-order valence-electron chi connectivity index (χ2n) is 12.2. The molecule has 0 atom stereocenters. The third-order valence-corrected chi connectivity index (χ3v) is 9.34. The van der Waals surface area contributed by atoms with Crippen LogP contribution >= 0.6 is 0 Å². The van der Waals surface area contributed by atoms with Crippen molar-refractivity contribution in [2.24, 2.45) is 0 Å². The molecule has 0 fully saturated rings. The van der Waals surface area contributed by atoms with Crippen molar-refractivity contribution < 1.29 is 0 Å². The quantitative estimate of drug-likeness (QED) is 0.185. The van der Waals surface area contributed by atoms with Crippen molar-refractivity contribution in [3.8, 4) is 74.5 Å². The normalized spacial score (nSPS) is 10.7. The summed E-state index contributed by atoms with van der Waals surface area (Å²) in [5.74, 6) is 0. The van der Waals surface area contributed by atoms with E-state index in [1.165, 1.54) is 0 Å². The van der Waals surface area contributed by atoms with Gasteiger partial charge in [-0.05, 0) is 100 Å². The fraction of sp³-hybridized carbons (Fsp3) is 0. The summed E-state index contributed by atoms with van der Waals surface area (Å²) < 4.78 is 2.24. The van der Waals surface area contributed by atoms with E-state index in [-0.39, 0.29) is 0 Å². The van der Waals surface area contributed by atoms with Crippen LogP contribution in [0.5, 0.6) is 0 Å². The number of fused-ring (bicyclic) bond motifs is 3. The smallest absolute Gasteiger partial charge is 0.0998 e. The highest BCUT2D eigenvalue weighted by molar-refractivity contribution is 6.12. The number of hydrogen-bond acceptors (Lipinski definition) is 4. The minimum Gasteiger partial charge on any atom is -0.309 e. The molecule has 0 saturated heterocycles. The van der Waals surface area contributed by atoms with Crippen LogP contribution in [0.3, 0.4) is 0 Å². The first-order valence-corrected chi connectivity index (χ1v) is 16.3. The minimum atomic E-state index is 0.419. The molecule has 8 rings (SSSR count). The summed E-state index contributed by atoms with van der Waals surface area (Å²) in [7, 11) is 0. The Bertz CT molecular complexity index is 2580. The Morgan fingerprint density at radius 2 is 0.725 bits per heavy atom. The zero-order valence-corrected chi connectivity index (χ0v) is 27.2. The van der Waals surface area contributed by atoms with Crippen molar-refractivity contribution in [2.75, 3.05) is 0 Å². The topological polar surface area (TPSA) is 100 Å². The number of rotatable bonds is 5. The molecule has 7 aromatic carbocycles. The molecule has 0 bridgehead atoms. The highest BCUT2D eigenvalue weighted by atomic mass is 15.0. The predicted molar refractivity (Wildman–Crippen MR) is 201 cm³/mol. The van der Waals surface area contributed by atoms with Gasteiger partial charge in [0.15, 0.2) is 0 Å². The minimum absolute atomic E-state index is 0.419. The molecule has 1 aromatic heterocycles. The van der Waals surface area contributed by atoms with Crippen LogP contribution in [-0.4, -0.2) is 4.57 Å². The van der Waals surface area contributed by atoms with E-state index in [2.05, 4.69) is 71.3 Å². The number of nitrogens with zero attached hydrogens (tertiary/aromatic N) is 5. The third-order valence-electron chi connectivity index (χ3n) is 9.34. The maximum Gasteiger partial charge on any atom is 0.0998 e. The second-order valence-corrected chi connectivity index (χ2v) is 12.2. The van der Waals surface area contributed by atoms with Crippen molar-refractivity contribution in [1.82, 2.24) is 4.57 Å². The van der Waals surface area contributed by atoms with E-state index >= 15 is 0 Å². The Hall–Kier alpha value is -7.70. The molecule has 0 unspecified atom stereocenters. The van der Waals surface area contributed by atoms with Gasteiger partial charge in [-0.1, -0.05) is 84.9 Å². The first-order chi connectivity index (χ1) is 25.1. The van der Waals surface area contributed by atoms with Crippen molar-refractivity contribution in [1.29, 1.82) is 21.0 Å². The highest BCUT2D eigenvalue weighted by Gasteiger charge is 2.20. The second kappa shape index (κ2) is 12.7. The summed E-state index contributed by atoms with van der Waals surface area (Å²) in [6.07, 6.45) is 0. The van der Waals surface area contributed by atoms with Crippen LogP contribution in [0.1, 0.15) is 22.3 Å². The molecule has 0 radical (unpaired) electrons. The maximum absolute atomic E-state index is 10.0. The van der Waals surface area contributed by atoms with Crippen molar-refractivity contribution >= 4 is 21.8 Å². The molecular weight excluding hydrogens is 623 g/mol. The maximum atomic E-state index is 10.0. The summed E-state index contributed by atoms with van der Waals surface area (Å²) in [6.45, 7) is 0. The Balaban J connectivity index is 1.47. The molecule has 0 N–H and O–H groups in total. The van der Waals surface area contributed by atoms with E-state index in [9.17, 15) is 21.0 Å². The van der Waals surface area contributed by atoms with E-state index < -0.39 is 0 Å². The molecule has 0 aliphatic rings. The molecule has 0 saturated carbocycles. The molecule has 0 spiro atoms. The lowest BCUT2D eigenvalue weighted by molar-refractivity contribution is 1.18. The molecular formula is C46H25N5. The largest absolute Gasteiger partial charge is 0.309 e. The number of aromatic nitrogens is 1. The molecule has 8 aromatic rings. The zero-order chi connectivity index (χ0) is 34.9. The van der Waals surface area contributed by atoms with E-state index in [1.54, 1.807) is 36.4 Å². The number of hydrogen-bond donors (Lipinski definition) is 0. The van der Waals surface area contributed by atoms with E-state index in [4.69, 9.17) is 0 Å². The predicted octanol–water partition coefficient (Wildman–Crippen LogP) is 10.9. The van der Waals surface area contributed by atoms with Gasteiger partial charge in [-0.2, -0.15) is 21.0 Å². The molecule has 5 heteroatoms. The summed E-state index contributed by atoms with van der Waals surface area (Å²) in [4.78, 5) is 0. The Kier molecular flexibility index (Phi) is 7.64. The van der Waals surface area contributed by atoms with Gasteiger partial charge in [0.2, 0.25) is 0 Å². The van der Waals surface area contributed by atoms with Crippen LogP contribution in [0.15, 0.2) is 152 Å². The molecule has 0 aliphatic carbocycles. The summed E-state index contributed by atoms with van der Waals surface area (Å²) in [5.41, 5.74) is 11.5. The van der Waals surface area contributed by atoms with E-state index in [1.807, 2.05) is 72.8 Å². The molecule has 5 nitrogen and oxygen atoms in total. The van der Waals surface area contributed by atoms with Gasteiger partial charge in [-0.15, -0.1) is 0 Å². The van der Waals surface area contributed by atoms with Gasteiger partial charge in [0.1, 0.15) is 0 Å². The molecule has 0 aliphatic heterocycles. The molecule has 0 amide bonds. The summed E-state index contributed by atoms with van der Waals surface area (Å²) in [5, 5.41) is 41.9. The zero-order valence-electron chi connectivity index (χ0n) is 27.2. The standard InChI is InChI=1S/C46H25N5/c47-26-34-13-7-14-35(27-48)45(34)32-17-19-43-41(24-32)42-25-33(46-36(28-49)15-8-16-37(46)29-50)18-20-44(42)51(43)40-22-38(30-9-3-1-4-10-30)21-39(23-40)31-11-5-2-6-12-31/h1-25H. The SMILES string of the molecule is N#Cc1cccc(C#N)c1-c1ccc2c(c1)c1cc(-c3c(C#N)cccc3C#N)ccc1n2-c1cc(-c2ccccc2)cc(-c2ccccc2)c1. The number of nitriles is 4. The Labute approximate surface area is 295 Å². The lowest BCUT2D eigenvalue weighted by Crippen LogP contribution is -1.96. The first-order valence-electron chi connectivity index (χ1n) is 16.3. The Morgan fingerprint density at radius 3 is 1.10 bits per heavy atom. The van der Waals surface area contributed by atoms with Crippen LogP contribution in [0, 0.1) is 45.3 Å². The van der Waals surface area contributed by atoms with Gasteiger partial charge in [0, 0.05) is 27.6 Å². The molecule has 1 heterocycles. The summed E-state index contributed by atoms with van der Waals surface area (Å²) in [6, 6.07) is 58.7. The monoisotopic (exact) mass is 647 g/mol. The van der Waals surface area contributed by atoms with Gasteiger partial charge < -0.3 is 4.57 Å². The van der Waals surface area contributed by atoms with Crippen molar-refractivity contribution in [3.05, 3.63) is 174 Å². The van der Waals surface area contributed by atoms with Crippen LogP contribution in [0.2, 0.25) is 0 Å². The molecule has 234 valence electrons. The lowest BCUT2D eigenvalue weighted by atomic mass is 9.93. The average molecular weight is 648 g/mol. The van der Waals surface area contributed by atoms with Gasteiger partial charge >= 0.3 is 0 Å². The number of benzene rings is 7. The lowest BCUT2D eigenvalue weighted by Gasteiger charge is -2.14. The Morgan fingerprint density at radius 1 is 0.333 bits per heavy atom. The van der Waals surface area contributed by atoms with Gasteiger partial charge in [-0.25, -0.2) is 0 Å². The van der Waals surface area contributed by atoms with E-state index in [0.717, 1.165) is 60.9 Å². The van der Waals surface area contributed by atoms with Gasteiger partial charge in [0.25, 0.3) is 0 Å². The van der Waals surface area contributed by atoms with Crippen LogP contribution in [-0.2, 0) is 0 Å². The first kappa shape index (κ1) is 30.6. The van der Waals surface area contributed by atoms with E-state index in [0.29, 0.717) is 33.4 Å². The average Bonchev–Trinajstić information content (AvgIpc) is 3.53. The molecule has 51 heavy (non-hydrogen) atoms. The van der Waals surface area contributed by atoms with Crippen LogP contribution in [0.4, 0.5) is 0 Å².